The Hall–Kier alpha value is -3.59. The van der Waals surface area contributed by atoms with Crippen LogP contribution in [0, 0.1) is 11.3 Å². The Kier molecular flexibility index (Phi) is 8.20. The second kappa shape index (κ2) is 10.6. The van der Waals surface area contributed by atoms with Gasteiger partial charge in [0, 0.05) is 5.56 Å². The van der Waals surface area contributed by atoms with E-state index in [2.05, 4.69) is 15.4 Å². The van der Waals surface area contributed by atoms with Crippen molar-refractivity contribution >= 4 is 21.7 Å². The van der Waals surface area contributed by atoms with Gasteiger partial charge in [-0.15, -0.1) is 13.2 Å². The molecule has 0 radical (unpaired) electrons. The first-order valence-electron chi connectivity index (χ1n) is 9.05. The molecule has 2 rings (SSSR count). The molecule has 0 heterocycles. The van der Waals surface area contributed by atoms with Gasteiger partial charge in [0.05, 0.1) is 17.6 Å². The molecule has 170 valence electrons. The zero-order chi connectivity index (χ0) is 23.8. The quantitative estimate of drug-likeness (QED) is 0.541. The van der Waals surface area contributed by atoms with Crippen LogP contribution in [0.1, 0.15) is 15.9 Å². The second-order valence-electron chi connectivity index (χ2n) is 6.52. The molecule has 1 atom stereocenters. The van der Waals surface area contributed by atoms with Gasteiger partial charge in [-0.05, 0) is 29.8 Å². The molecule has 0 fully saturated rings. The van der Waals surface area contributed by atoms with Crippen molar-refractivity contribution in [2.24, 2.45) is 0 Å². The summed E-state index contributed by atoms with van der Waals surface area (Å²) in [6, 6.07) is 12.3. The number of amides is 2. The van der Waals surface area contributed by atoms with Crippen molar-refractivity contribution in [3.05, 3.63) is 65.7 Å². The molecule has 2 amide bonds. The molecule has 2 N–H and O–H groups in total. The lowest BCUT2D eigenvalue weighted by molar-refractivity contribution is -0.274. The number of nitrogens with zero attached hydrogens (tertiary/aromatic N) is 1. The van der Waals surface area contributed by atoms with Gasteiger partial charge in [0.2, 0.25) is 5.91 Å². The van der Waals surface area contributed by atoms with Gasteiger partial charge in [0.25, 0.3) is 5.91 Å². The summed E-state index contributed by atoms with van der Waals surface area (Å²) in [6.07, 6.45) is -4.94. The summed E-state index contributed by atoms with van der Waals surface area (Å²) in [4.78, 5) is 24.7. The maximum Gasteiger partial charge on any atom is 0.573 e. The number of halogens is 3. The summed E-state index contributed by atoms with van der Waals surface area (Å²) in [5.41, 5.74) is 0.178. The third-order valence-electron chi connectivity index (χ3n) is 3.94. The maximum atomic E-state index is 12.6. The summed E-state index contributed by atoms with van der Waals surface area (Å²) in [5, 5.41) is 13.1. The van der Waals surface area contributed by atoms with Crippen LogP contribution in [0.4, 0.5) is 13.2 Å². The number of nitriles is 1. The van der Waals surface area contributed by atoms with Crippen LogP contribution in [0.5, 0.6) is 5.75 Å². The maximum absolute atomic E-state index is 12.6. The first kappa shape index (κ1) is 24.7. The van der Waals surface area contributed by atoms with Crippen molar-refractivity contribution in [2.75, 3.05) is 12.3 Å². The van der Waals surface area contributed by atoms with Gasteiger partial charge in [-0.1, -0.05) is 30.3 Å². The molecule has 32 heavy (non-hydrogen) atoms. The fraction of sp³-hybridized carbons (Fsp3) is 0.250. The second-order valence-corrected chi connectivity index (χ2v) is 8.63. The summed E-state index contributed by atoms with van der Waals surface area (Å²) in [5.74, 6) is -3.74. The SMILES string of the molecule is N#CCNC(=O)[C@H](CS(=O)(=O)Cc1cccc(OC(F)(F)F)c1)NC(=O)c1ccccc1. The lowest BCUT2D eigenvalue weighted by Gasteiger charge is -2.18. The van der Waals surface area contributed by atoms with Gasteiger partial charge in [0.15, 0.2) is 9.84 Å². The lowest BCUT2D eigenvalue weighted by Crippen LogP contribution is -2.50. The Morgan fingerprint density at radius 3 is 2.41 bits per heavy atom. The molecule has 0 saturated heterocycles. The monoisotopic (exact) mass is 469 g/mol. The lowest BCUT2D eigenvalue weighted by atomic mass is 10.2. The predicted octanol–water partition coefficient (Wildman–Crippen LogP) is 1.94. The van der Waals surface area contributed by atoms with Gasteiger partial charge in [-0.2, -0.15) is 5.26 Å². The summed E-state index contributed by atoms with van der Waals surface area (Å²) in [7, 11) is -4.09. The van der Waals surface area contributed by atoms with Crippen LogP contribution in [0.2, 0.25) is 0 Å². The van der Waals surface area contributed by atoms with Crippen LogP contribution < -0.4 is 15.4 Å². The number of rotatable bonds is 9. The van der Waals surface area contributed by atoms with Crippen molar-refractivity contribution in [2.45, 2.75) is 18.2 Å². The average molecular weight is 469 g/mol. The van der Waals surface area contributed by atoms with Crippen LogP contribution in [0.15, 0.2) is 54.6 Å². The van der Waals surface area contributed by atoms with Crippen LogP contribution in [0.25, 0.3) is 0 Å². The van der Waals surface area contributed by atoms with Crippen LogP contribution in [-0.2, 0) is 20.4 Å². The number of ether oxygens (including phenoxy) is 1. The minimum absolute atomic E-state index is 0.00248. The van der Waals surface area contributed by atoms with Crippen molar-refractivity contribution in [3.8, 4) is 11.8 Å². The van der Waals surface area contributed by atoms with E-state index in [0.717, 1.165) is 12.1 Å². The van der Waals surface area contributed by atoms with E-state index in [1.54, 1.807) is 24.3 Å². The van der Waals surface area contributed by atoms with E-state index in [9.17, 15) is 31.2 Å². The largest absolute Gasteiger partial charge is 0.573 e. The molecule has 12 heteroatoms. The number of carbonyl (C=O) groups is 2. The van der Waals surface area contributed by atoms with E-state index in [0.29, 0.717) is 0 Å². The molecular weight excluding hydrogens is 451 g/mol. The summed E-state index contributed by atoms with van der Waals surface area (Å²) < 4.78 is 66.2. The predicted molar refractivity (Wildman–Crippen MR) is 107 cm³/mol. The molecule has 0 unspecified atom stereocenters. The van der Waals surface area contributed by atoms with Crippen LogP contribution >= 0.6 is 0 Å². The first-order chi connectivity index (χ1) is 15.0. The number of alkyl halides is 3. The highest BCUT2D eigenvalue weighted by Crippen LogP contribution is 2.24. The van der Waals surface area contributed by atoms with Crippen LogP contribution in [0.3, 0.4) is 0 Å². The third-order valence-corrected chi connectivity index (χ3v) is 5.55. The molecule has 0 aliphatic rings. The fourth-order valence-corrected chi connectivity index (χ4v) is 4.21. The minimum atomic E-state index is -4.94. The zero-order valence-electron chi connectivity index (χ0n) is 16.4. The Morgan fingerprint density at radius 2 is 1.78 bits per heavy atom. The highest BCUT2D eigenvalue weighted by Gasteiger charge is 2.31. The van der Waals surface area contributed by atoms with E-state index in [-0.39, 0.29) is 11.1 Å². The molecule has 0 saturated carbocycles. The standard InChI is InChI=1S/C20H18F3N3O5S/c21-20(22,23)31-16-8-4-5-14(11-16)12-32(29,30)13-17(19(28)25-10-9-24)26-18(27)15-6-2-1-3-7-15/h1-8,11,17H,10,12-13H2,(H,25,28)(H,26,27)/t17-/m0/s1. The number of hydrogen-bond donors (Lipinski definition) is 2. The molecule has 0 aromatic heterocycles. The minimum Gasteiger partial charge on any atom is -0.406 e. The van der Waals surface area contributed by atoms with Gasteiger partial charge in [-0.3, -0.25) is 9.59 Å². The zero-order valence-corrected chi connectivity index (χ0v) is 17.2. The molecule has 0 bridgehead atoms. The third kappa shape index (κ3) is 8.27. The molecule has 2 aromatic carbocycles. The van der Waals surface area contributed by atoms with Gasteiger partial charge in [-0.25, -0.2) is 8.42 Å². The number of nitrogens with one attached hydrogen (secondary N) is 2. The van der Waals surface area contributed by atoms with Crippen molar-refractivity contribution in [1.82, 2.24) is 10.6 Å². The van der Waals surface area contributed by atoms with Gasteiger partial charge < -0.3 is 15.4 Å². The van der Waals surface area contributed by atoms with E-state index < -0.39 is 57.9 Å². The smallest absolute Gasteiger partial charge is 0.406 e. The molecular formula is C20H18F3N3O5S. The number of carbonyl (C=O) groups excluding carboxylic acids is 2. The Morgan fingerprint density at radius 1 is 1.09 bits per heavy atom. The number of hydrogen-bond acceptors (Lipinski definition) is 6. The van der Waals surface area contributed by atoms with E-state index in [4.69, 9.17) is 5.26 Å². The molecule has 0 spiro atoms. The molecule has 2 aromatic rings. The van der Waals surface area contributed by atoms with Gasteiger partial charge in [0.1, 0.15) is 18.3 Å². The number of sulfone groups is 1. The van der Waals surface area contributed by atoms with Crippen molar-refractivity contribution in [3.63, 3.8) is 0 Å². The van der Waals surface area contributed by atoms with E-state index in [1.165, 1.54) is 24.3 Å². The highest BCUT2D eigenvalue weighted by molar-refractivity contribution is 7.90. The topological polar surface area (TPSA) is 125 Å². The Bertz CT molecular complexity index is 1100. The normalized spacial score (nSPS) is 12.3. The molecule has 0 aliphatic carbocycles. The highest BCUT2D eigenvalue weighted by atomic mass is 32.2. The van der Waals surface area contributed by atoms with Crippen molar-refractivity contribution in [1.29, 1.82) is 5.26 Å². The van der Waals surface area contributed by atoms with Crippen molar-refractivity contribution < 1.29 is 35.9 Å². The van der Waals surface area contributed by atoms with E-state index in [1.807, 2.05) is 0 Å². The average Bonchev–Trinajstić information content (AvgIpc) is 2.70. The molecule has 0 aliphatic heterocycles. The number of benzene rings is 2. The fourth-order valence-electron chi connectivity index (χ4n) is 2.66. The summed E-state index contributed by atoms with van der Waals surface area (Å²) >= 11 is 0. The first-order valence-corrected chi connectivity index (χ1v) is 10.9. The van der Waals surface area contributed by atoms with Crippen LogP contribution in [-0.4, -0.2) is 44.9 Å². The Balaban J connectivity index is 2.18. The Labute approximate surface area is 181 Å². The van der Waals surface area contributed by atoms with Gasteiger partial charge >= 0.3 is 6.36 Å². The van der Waals surface area contributed by atoms with E-state index >= 15 is 0 Å². The molecule has 8 nitrogen and oxygen atoms in total. The summed E-state index contributed by atoms with van der Waals surface area (Å²) in [6.45, 7) is -0.409.